The minimum absolute atomic E-state index is 0.00863. The van der Waals surface area contributed by atoms with E-state index in [0.717, 1.165) is 29.6 Å². The van der Waals surface area contributed by atoms with Gasteiger partial charge in [-0.25, -0.2) is 4.79 Å². The molecule has 0 spiro atoms. The Balaban J connectivity index is 0.000000832. The van der Waals surface area contributed by atoms with Crippen LogP contribution in [0.2, 0.25) is 1.41 Å². The van der Waals surface area contributed by atoms with Crippen LogP contribution in [0.1, 0.15) is 106 Å². The summed E-state index contributed by atoms with van der Waals surface area (Å²) >= 11 is 8.01. The van der Waals surface area contributed by atoms with Crippen molar-refractivity contribution < 1.29 is 70.5 Å². The minimum Gasteiger partial charge on any atom is -0.480 e. The van der Waals surface area contributed by atoms with Crippen molar-refractivity contribution in [3.8, 4) is 0 Å². The number of esters is 1. The summed E-state index contributed by atoms with van der Waals surface area (Å²) < 4.78 is 19.3. The number of hydrogen-bond donors (Lipinski definition) is 4. The van der Waals surface area contributed by atoms with Gasteiger partial charge in [0.25, 0.3) is 0 Å². The summed E-state index contributed by atoms with van der Waals surface area (Å²) in [5.74, 6) is -0.122. The number of thioether (sulfide) groups is 4. The zero-order valence-corrected chi connectivity index (χ0v) is 50.5. The van der Waals surface area contributed by atoms with Crippen LogP contribution in [0.3, 0.4) is 0 Å². The second-order valence-corrected chi connectivity index (χ2v) is 25.6. The standard InChI is InChI=1S/C28H50N4O8P2S2.C22H38N2O6S2/c1-3-4-11-43-24-7-8-25(24)44-12-5-6-22(34)16-32(18-27(37)40-30-14-23(35)19-41)10-9-31(15-21(2)33)17-26(36)39-20-42-28(38)13-29;1-3-4-11-31-19-7-8-20(19)32-12-5-6-18(26)14-24(16-22(29)30)10-9-23(13-17(2)25)15-21(27)28/h24-25,30,42H,3-20,29,41H2,1-2H3;19-20H,3-16H2,1-2H3,(H,27,28)(H,29,30)/i19T;/hT. The number of ether oxygens (including phenoxy) is 1. The fourth-order valence-corrected chi connectivity index (χ4v) is 14.4. The largest absolute Gasteiger partial charge is 0.480 e. The van der Waals surface area contributed by atoms with Crippen LogP contribution in [0, 0.1) is 0 Å². The van der Waals surface area contributed by atoms with Gasteiger partial charge in [-0.15, -0.1) is 14.7 Å². The van der Waals surface area contributed by atoms with Gasteiger partial charge in [0.2, 0.25) is 0 Å². The number of nitrogens with one attached hydrogen (secondary N) is 1. The summed E-state index contributed by atoms with van der Waals surface area (Å²) in [6.07, 6.45) is 11.0. The van der Waals surface area contributed by atoms with Crippen LogP contribution in [-0.4, -0.2) is 236 Å². The molecule has 2 aliphatic carbocycles. The molecule has 0 bridgehead atoms. The molecule has 0 heterocycles. The monoisotopic (exact) mass is 1190 g/mol. The van der Waals surface area contributed by atoms with E-state index in [9.17, 15) is 47.9 Å². The molecule has 0 aromatic carbocycles. The lowest BCUT2D eigenvalue weighted by Crippen LogP contribution is -2.44. The van der Waals surface area contributed by atoms with E-state index < -0.39 is 35.8 Å². The molecule has 0 aromatic rings. The number of nitrogens with zero attached hydrogens (tertiary/aromatic N) is 4. The van der Waals surface area contributed by atoms with Crippen molar-refractivity contribution in [3.63, 3.8) is 0 Å². The molecule has 2 fully saturated rings. The van der Waals surface area contributed by atoms with Crippen LogP contribution >= 0.6 is 64.9 Å². The van der Waals surface area contributed by atoms with Crippen LogP contribution in [-0.2, 0) is 57.5 Å². The lowest BCUT2D eigenvalue weighted by molar-refractivity contribution is -0.153. The number of aliphatic carboxylic acids is 2. The third-order valence-electron chi connectivity index (χ3n) is 11.7. The molecule has 76 heavy (non-hydrogen) atoms. The molecule has 2 rings (SSSR count). The molecule has 0 saturated heterocycles. The maximum Gasteiger partial charge on any atom is 0.338 e. The predicted octanol–water partition coefficient (Wildman–Crippen LogP) is 3.98. The molecule has 7 atom stereocenters. The topological polar surface area (TPSA) is 281 Å². The highest BCUT2D eigenvalue weighted by Gasteiger charge is 2.32. The number of nitrogens with two attached hydrogens (primary N) is 1. The van der Waals surface area contributed by atoms with Crippen molar-refractivity contribution in [3.05, 3.63) is 0 Å². The fraction of sp³-hybridized carbons (Fsp3) is 0.800. The van der Waals surface area contributed by atoms with Crippen molar-refractivity contribution in [1.82, 2.24) is 25.1 Å². The summed E-state index contributed by atoms with van der Waals surface area (Å²) in [4.78, 5) is 130. The first kappa shape index (κ1) is 68.2. The Kier molecular flexibility index (Phi) is 40.1. The maximum atomic E-state index is 12.9. The number of Topliss-reactive ketones (excluding diaryl/α,β-unsaturated/α-hetero) is 5. The Hall–Kier alpha value is -2.08. The normalized spacial score (nSPS) is 17.8. The molecular formula is C50H88N6O14P2S4. The van der Waals surface area contributed by atoms with Gasteiger partial charge >= 0.3 is 23.9 Å². The lowest BCUT2D eigenvalue weighted by Gasteiger charge is -2.35. The van der Waals surface area contributed by atoms with Crippen molar-refractivity contribution in [2.24, 2.45) is 5.73 Å². The van der Waals surface area contributed by atoms with E-state index in [0.29, 0.717) is 28.6 Å². The van der Waals surface area contributed by atoms with Crippen LogP contribution in [0.5, 0.6) is 0 Å². The van der Waals surface area contributed by atoms with Gasteiger partial charge in [0.15, 0.2) is 11.3 Å². The molecule has 2 aliphatic rings. The van der Waals surface area contributed by atoms with E-state index in [1.165, 1.54) is 91.4 Å². The molecule has 0 aliphatic heterocycles. The van der Waals surface area contributed by atoms with Crippen molar-refractivity contribution in [1.29, 1.82) is 0 Å². The Bertz CT molecular complexity index is 1840. The van der Waals surface area contributed by atoms with Crippen LogP contribution in [0.15, 0.2) is 0 Å². The van der Waals surface area contributed by atoms with Gasteiger partial charge < -0.3 is 25.5 Å². The number of ketones is 5. The molecule has 20 nitrogen and oxygen atoms in total. The summed E-state index contributed by atoms with van der Waals surface area (Å²) in [7, 11) is 1.74. The van der Waals surface area contributed by atoms with Gasteiger partial charge in [-0.05, 0) is 96.8 Å². The highest BCUT2D eigenvalue weighted by molar-refractivity contribution is 8.04. The van der Waals surface area contributed by atoms with Gasteiger partial charge in [-0.1, -0.05) is 26.7 Å². The lowest BCUT2D eigenvalue weighted by atomic mass is 9.99. The van der Waals surface area contributed by atoms with E-state index in [1.807, 2.05) is 38.5 Å². The average Bonchev–Trinajstić information content (AvgIpc) is 3.33. The zero-order chi connectivity index (χ0) is 58.3. The predicted molar refractivity (Wildman–Crippen MR) is 311 cm³/mol. The molecule has 26 heteroatoms. The molecule has 0 aromatic heterocycles. The summed E-state index contributed by atoms with van der Waals surface area (Å²) in [6, 6.07) is 0. The number of hydroxylamine groups is 1. The van der Waals surface area contributed by atoms with Gasteiger partial charge in [0.1, 0.15) is 30.9 Å². The molecule has 0 radical (unpaired) electrons. The van der Waals surface area contributed by atoms with Crippen molar-refractivity contribution >= 4 is 123 Å². The van der Waals surface area contributed by atoms with Crippen LogP contribution in [0.4, 0.5) is 0 Å². The number of carbonyl (C=O) groups excluding carboxylic acids is 8. The first-order valence-corrected chi connectivity index (χ1v) is 32.2. The van der Waals surface area contributed by atoms with E-state index in [1.54, 1.807) is 4.90 Å². The Morgan fingerprint density at radius 3 is 1.38 bits per heavy atom. The first-order valence-electron chi connectivity index (χ1n) is 27.2. The molecule has 5 N–H and O–H groups in total. The van der Waals surface area contributed by atoms with E-state index in [2.05, 4.69) is 42.9 Å². The first-order chi connectivity index (χ1) is 37.1. The average molecular weight is 1190 g/mol. The number of carboxylic acids is 2. The molecular weight excluding hydrogens is 1100 g/mol. The van der Waals surface area contributed by atoms with E-state index in [-0.39, 0.29) is 135 Å². The zero-order valence-electron chi connectivity index (χ0n) is 47.1. The minimum atomic E-state index is -1.05. The highest BCUT2D eigenvalue weighted by Crippen LogP contribution is 2.41. The van der Waals surface area contributed by atoms with Gasteiger partial charge in [0.05, 0.1) is 65.4 Å². The molecule has 0 amide bonds. The molecule has 2 saturated carbocycles. The van der Waals surface area contributed by atoms with Gasteiger partial charge in [-0.3, -0.25) is 62.8 Å². The Labute approximate surface area is 475 Å². The number of rotatable bonds is 49. The second kappa shape index (κ2) is 44.6. The number of unbranched alkanes of at least 4 members (excludes halogenated alkanes) is 2. The maximum absolute atomic E-state index is 12.9. The number of hydrogen-bond acceptors (Lipinski definition) is 22. The van der Waals surface area contributed by atoms with Gasteiger partial charge in [0, 0.05) is 67.5 Å². The Morgan fingerprint density at radius 1 is 0.605 bits per heavy atom. The summed E-state index contributed by atoms with van der Waals surface area (Å²) in [6.45, 7) is 6.23. The third-order valence-corrected chi connectivity index (χ3v) is 19.3. The Morgan fingerprint density at radius 2 is 1.00 bits per heavy atom. The number of carboxylic acid groups (broad SMARTS) is 2. The second-order valence-electron chi connectivity index (χ2n) is 18.7. The fourth-order valence-electron chi connectivity index (χ4n) is 7.45. The summed E-state index contributed by atoms with van der Waals surface area (Å²) in [5.41, 5.74) is 4.00. The van der Waals surface area contributed by atoms with Crippen molar-refractivity contribution in [2.45, 2.75) is 126 Å². The van der Waals surface area contributed by atoms with Crippen LogP contribution in [0.25, 0.3) is 0 Å². The summed E-state index contributed by atoms with van der Waals surface area (Å²) in [5, 5.41) is 20.9. The smallest absolute Gasteiger partial charge is 0.338 e. The number of carbonyl (C=O) groups is 10. The van der Waals surface area contributed by atoms with Gasteiger partial charge in [-0.2, -0.15) is 47.0 Å². The van der Waals surface area contributed by atoms with E-state index in [4.69, 9.17) is 22.6 Å². The van der Waals surface area contributed by atoms with Crippen molar-refractivity contribution in [2.75, 3.05) is 127 Å². The highest BCUT2D eigenvalue weighted by atomic mass is 32.2. The quantitative estimate of drug-likeness (QED) is 0.0290. The molecule has 7 unspecified atom stereocenters. The van der Waals surface area contributed by atoms with E-state index >= 15 is 0 Å². The SMILES string of the molecule is CCCCSC1CCC1SCCCC(=O)CN(CCN(CC(C)=O)CC(=O)O)CC(=O)O.[3H]NCC(=O)PCOC(=O)CN(CCN(CC(=O)CCCSC1CCC1SCCCC)CC(=O)ONCC(=O)C([3H])P)CC(C)=O. The third kappa shape index (κ3) is 37.7. The molecule has 436 valence electrons. The van der Waals surface area contributed by atoms with Crippen LogP contribution < -0.4 is 11.2 Å².